The molecule has 24 heavy (non-hydrogen) atoms. The Morgan fingerprint density at radius 1 is 0.542 bits per heavy atom. The predicted octanol–water partition coefficient (Wildman–Crippen LogP) is -1.43. The maximum Gasteiger partial charge on any atom is -0.0398 e. The van der Waals surface area contributed by atoms with Gasteiger partial charge in [-0.25, -0.2) is 0 Å². The van der Waals surface area contributed by atoms with Crippen molar-refractivity contribution in [3.05, 3.63) is 71.8 Å². The van der Waals surface area contributed by atoms with E-state index in [1.54, 1.807) is 0 Å². The molecule has 0 amide bonds. The normalized spacial score (nSPS) is 10.0. The van der Waals surface area contributed by atoms with Gasteiger partial charge in [-0.15, -0.1) is 0 Å². The third-order valence-corrected chi connectivity index (χ3v) is 1.88. The molecule has 0 aliphatic rings. The van der Waals surface area contributed by atoms with Crippen LogP contribution in [0.4, 0.5) is 0 Å². The van der Waals surface area contributed by atoms with Gasteiger partial charge in [-0.1, -0.05) is 71.8 Å². The minimum absolute atomic E-state index is 1.32. The highest BCUT2D eigenvalue weighted by Gasteiger charge is 1.72. The molecule has 0 fully saturated rings. The molecular formula is C14H16O6P2S2-6. The van der Waals surface area contributed by atoms with Gasteiger partial charge >= 0.3 is 0 Å². The predicted molar refractivity (Wildman–Crippen MR) is 90.9 cm³/mol. The molecule has 0 radical (unpaired) electrons. The van der Waals surface area contributed by atoms with Crippen LogP contribution in [-0.4, -0.2) is 0 Å². The van der Waals surface area contributed by atoms with Crippen molar-refractivity contribution in [2.45, 2.75) is 13.8 Å². The van der Waals surface area contributed by atoms with Crippen molar-refractivity contribution in [2.24, 2.45) is 0 Å². The molecule has 0 spiro atoms. The van der Waals surface area contributed by atoms with E-state index in [9.17, 15) is 0 Å². The van der Waals surface area contributed by atoms with Gasteiger partial charge in [-0.2, -0.15) is 23.6 Å². The molecule has 2 rings (SSSR count). The maximum atomic E-state index is 8.92. The van der Waals surface area contributed by atoms with Crippen molar-refractivity contribution in [1.82, 2.24) is 0 Å². The number of aryl methyl sites for hydroxylation is 2. The molecule has 0 aliphatic heterocycles. The first-order valence-corrected chi connectivity index (χ1v) is 11.4. The van der Waals surface area contributed by atoms with Crippen LogP contribution in [0.15, 0.2) is 60.7 Å². The minimum Gasteiger partial charge on any atom is -0.844 e. The fourth-order valence-electron chi connectivity index (χ4n) is 1.07. The Balaban J connectivity index is 0. The van der Waals surface area contributed by atoms with Gasteiger partial charge in [-0.05, 0) is 13.8 Å². The molecule has 2 aromatic carbocycles. The van der Waals surface area contributed by atoms with E-state index in [0.717, 1.165) is 0 Å². The highest BCUT2D eigenvalue weighted by Crippen LogP contribution is 2.04. The van der Waals surface area contributed by atoms with Crippen molar-refractivity contribution in [1.29, 1.82) is 0 Å². The summed E-state index contributed by atoms with van der Waals surface area (Å²) in [5.74, 6) is 0. The second-order valence-electron chi connectivity index (χ2n) is 4.20. The Morgan fingerprint density at radius 3 is 0.792 bits per heavy atom. The maximum absolute atomic E-state index is 8.92. The number of benzene rings is 2. The van der Waals surface area contributed by atoms with Crippen LogP contribution in [0.5, 0.6) is 0 Å². The second kappa shape index (κ2) is 13.8. The van der Waals surface area contributed by atoms with Gasteiger partial charge in [0.2, 0.25) is 0 Å². The van der Waals surface area contributed by atoms with E-state index >= 15 is 0 Å². The van der Waals surface area contributed by atoms with Crippen molar-refractivity contribution in [3.8, 4) is 0 Å². The van der Waals surface area contributed by atoms with Gasteiger partial charge in [0.15, 0.2) is 0 Å². The summed E-state index contributed by atoms with van der Waals surface area (Å²) < 4.78 is 0. The largest absolute Gasteiger partial charge is 0.844 e. The van der Waals surface area contributed by atoms with Gasteiger partial charge in [0.25, 0.3) is 0 Å². The van der Waals surface area contributed by atoms with Crippen molar-refractivity contribution < 1.29 is 29.4 Å². The Labute approximate surface area is 152 Å². The number of rotatable bonds is 0. The Morgan fingerprint density at radius 2 is 0.708 bits per heavy atom. The molecule has 0 saturated carbocycles. The summed E-state index contributed by atoms with van der Waals surface area (Å²) in [6.07, 6.45) is 0. The van der Waals surface area contributed by atoms with Crippen LogP contribution in [0, 0.1) is 13.8 Å². The first-order valence-electron chi connectivity index (χ1n) is 6.28. The fourth-order valence-corrected chi connectivity index (χ4v) is 1.07. The molecule has 0 aromatic heterocycles. The van der Waals surface area contributed by atoms with Gasteiger partial charge in [-0.3, -0.25) is 0 Å². The zero-order chi connectivity index (χ0) is 19.2. The molecule has 2 aromatic rings. The average molecular weight is 406 g/mol. The van der Waals surface area contributed by atoms with Crippen LogP contribution in [0.1, 0.15) is 11.1 Å². The van der Waals surface area contributed by atoms with Gasteiger partial charge in [0, 0.05) is 0 Å². The molecule has 0 atom stereocenters. The number of hydrogen-bond donors (Lipinski definition) is 0. The summed E-state index contributed by atoms with van der Waals surface area (Å²) >= 11 is 6.54. The molecule has 6 nitrogen and oxygen atoms in total. The lowest BCUT2D eigenvalue weighted by Gasteiger charge is -2.43. The van der Waals surface area contributed by atoms with Crippen LogP contribution in [0.25, 0.3) is 0 Å². The SMILES string of the molecule is Cc1ccccc1.Cc1ccccc1.[O-]P([O-])([O-])=S.[O-]P([O-])([O-])=S. The van der Waals surface area contributed by atoms with Crippen LogP contribution < -0.4 is 29.4 Å². The monoisotopic (exact) mass is 406 g/mol. The lowest BCUT2D eigenvalue weighted by molar-refractivity contribution is -0.413. The molecule has 0 aliphatic carbocycles. The van der Waals surface area contributed by atoms with E-state index in [-0.39, 0.29) is 0 Å². The lowest BCUT2D eigenvalue weighted by Crippen LogP contribution is -2.23. The quantitative estimate of drug-likeness (QED) is 0.486. The number of hydrogen-bond acceptors (Lipinski definition) is 8. The highest BCUT2D eigenvalue weighted by molar-refractivity contribution is 8.04. The topological polar surface area (TPSA) is 138 Å². The zero-order valence-corrected chi connectivity index (χ0v) is 16.4. The van der Waals surface area contributed by atoms with E-state index < -0.39 is 13.4 Å². The summed E-state index contributed by atoms with van der Waals surface area (Å²) in [6.45, 7) is -4.94. The third-order valence-electron chi connectivity index (χ3n) is 1.88. The van der Waals surface area contributed by atoms with E-state index in [0.29, 0.717) is 0 Å². The molecule has 0 unspecified atom stereocenters. The molecule has 0 heterocycles. The standard InChI is InChI=1S/2C7H8.2H3O3PS/c2*1-7-5-3-2-4-6-7;2*1-4(2,3)5/h2*2-6H,1H3;2*(H3,1,2,3,5)/p-6. The fraction of sp³-hybridized carbons (Fsp3) is 0.143. The van der Waals surface area contributed by atoms with Crippen LogP contribution in [-0.2, 0) is 23.6 Å². The summed E-state index contributed by atoms with van der Waals surface area (Å²) in [4.78, 5) is 53.5. The Kier molecular flexibility index (Phi) is 14.7. The van der Waals surface area contributed by atoms with Crippen molar-refractivity contribution in [2.75, 3.05) is 0 Å². The summed E-state index contributed by atoms with van der Waals surface area (Å²) in [6, 6.07) is 20.5. The van der Waals surface area contributed by atoms with Crippen molar-refractivity contribution >= 4 is 37.1 Å². The van der Waals surface area contributed by atoms with E-state index in [4.69, 9.17) is 29.4 Å². The lowest BCUT2D eigenvalue weighted by atomic mass is 10.2. The first-order chi connectivity index (χ1) is 10.8. The highest BCUT2D eigenvalue weighted by atomic mass is 32.5. The smallest absolute Gasteiger partial charge is 0.0398 e. The first kappa shape index (κ1) is 25.7. The van der Waals surface area contributed by atoms with Gasteiger partial charge in [0.1, 0.15) is 0 Å². The summed E-state index contributed by atoms with van der Waals surface area (Å²) in [7, 11) is 0. The van der Waals surface area contributed by atoms with Crippen LogP contribution in [0.2, 0.25) is 0 Å². The van der Waals surface area contributed by atoms with Crippen molar-refractivity contribution in [3.63, 3.8) is 0 Å². The molecule has 10 heteroatoms. The average Bonchev–Trinajstić information content (AvgIpc) is 2.37. The Hall–Kier alpha value is -0.500. The van der Waals surface area contributed by atoms with E-state index in [1.807, 2.05) is 36.4 Å². The van der Waals surface area contributed by atoms with Crippen LogP contribution >= 0.6 is 13.4 Å². The molecule has 136 valence electrons. The van der Waals surface area contributed by atoms with Gasteiger partial charge in [0.05, 0.1) is 0 Å². The minimum atomic E-state index is -4.56. The molecule has 0 bridgehead atoms. The third kappa shape index (κ3) is 37.6. The molecule has 0 N–H and O–H groups in total. The van der Waals surface area contributed by atoms with E-state index in [2.05, 4.69) is 61.7 Å². The zero-order valence-electron chi connectivity index (χ0n) is 12.9. The van der Waals surface area contributed by atoms with Crippen LogP contribution in [0.3, 0.4) is 0 Å². The summed E-state index contributed by atoms with van der Waals surface area (Å²) in [5.41, 5.74) is 2.64. The van der Waals surface area contributed by atoms with E-state index in [1.165, 1.54) is 11.1 Å². The molecular weight excluding hydrogens is 390 g/mol. The summed E-state index contributed by atoms with van der Waals surface area (Å²) in [5, 5.41) is 0. The van der Waals surface area contributed by atoms with Gasteiger partial charge < -0.3 is 42.8 Å². The Bertz CT molecular complexity index is 554. The molecule has 0 saturated heterocycles. The second-order valence-corrected chi connectivity index (χ2v) is 8.68.